The molecule has 122 valence electrons. The molecule has 0 radical (unpaired) electrons. The van der Waals surface area contributed by atoms with E-state index in [1.807, 2.05) is 42.8 Å². The number of amides is 1. The molecule has 6 heteroatoms. The second-order valence-electron chi connectivity index (χ2n) is 6.26. The summed E-state index contributed by atoms with van der Waals surface area (Å²) < 4.78 is 11.4. The van der Waals surface area contributed by atoms with Crippen LogP contribution in [-0.4, -0.2) is 24.9 Å². The van der Waals surface area contributed by atoms with Gasteiger partial charge in [0.25, 0.3) is 0 Å². The first-order valence-electron chi connectivity index (χ1n) is 7.29. The van der Waals surface area contributed by atoms with Crippen molar-refractivity contribution >= 4 is 17.4 Å². The van der Waals surface area contributed by atoms with Gasteiger partial charge in [-0.25, -0.2) is 4.79 Å². The summed E-state index contributed by atoms with van der Waals surface area (Å²) in [6.45, 7) is 4.41. The molecule has 3 rings (SSSR count). The van der Waals surface area contributed by atoms with Gasteiger partial charge in [-0.3, -0.25) is 0 Å². The van der Waals surface area contributed by atoms with Gasteiger partial charge in [0.15, 0.2) is 0 Å². The number of nitrogens with one attached hydrogen (secondary N) is 1. The highest BCUT2D eigenvalue weighted by atomic mass is 32.1. The zero-order chi connectivity index (χ0) is 16.6. The first-order chi connectivity index (χ1) is 10.9. The van der Waals surface area contributed by atoms with Crippen LogP contribution in [0.5, 0.6) is 11.5 Å². The first kappa shape index (κ1) is 15.7. The van der Waals surface area contributed by atoms with Crippen molar-refractivity contribution < 1.29 is 19.4 Å². The number of rotatable bonds is 3. The molecular weight excluding hydrogens is 314 g/mol. The third-order valence-electron chi connectivity index (χ3n) is 4.12. The molecule has 0 spiro atoms. The van der Waals surface area contributed by atoms with E-state index in [1.54, 1.807) is 18.4 Å². The second-order valence-corrected chi connectivity index (χ2v) is 7.04. The molecule has 1 aliphatic heterocycles. The Bertz CT molecular complexity index is 724. The lowest BCUT2D eigenvalue weighted by atomic mass is 9.78. The SMILES string of the molecule is COc1cc2c(cc1-c1ccsc1)OCC(C)(C)C2NC(=O)O. The topological polar surface area (TPSA) is 67.8 Å². The number of benzene rings is 1. The summed E-state index contributed by atoms with van der Waals surface area (Å²) in [6.07, 6.45) is -1.04. The molecule has 0 fully saturated rings. The van der Waals surface area contributed by atoms with Crippen LogP contribution >= 0.6 is 11.3 Å². The molecule has 1 aromatic carbocycles. The highest BCUT2D eigenvalue weighted by Gasteiger charge is 2.39. The van der Waals surface area contributed by atoms with Crippen molar-refractivity contribution in [1.82, 2.24) is 5.32 Å². The zero-order valence-corrected chi connectivity index (χ0v) is 14.1. The Morgan fingerprint density at radius 3 is 2.87 bits per heavy atom. The smallest absolute Gasteiger partial charge is 0.405 e. The lowest BCUT2D eigenvalue weighted by Crippen LogP contribution is -2.43. The zero-order valence-electron chi connectivity index (χ0n) is 13.3. The van der Waals surface area contributed by atoms with Crippen LogP contribution in [0.4, 0.5) is 4.79 Å². The standard InChI is InChI=1S/C17H19NO4S/c1-17(2)9-22-14-6-11(10-4-5-23-8-10)13(21-3)7-12(14)15(17)18-16(19)20/h4-8,15,18H,9H2,1-3H3,(H,19,20). The van der Waals surface area contributed by atoms with E-state index in [0.717, 1.165) is 16.7 Å². The van der Waals surface area contributed by atoms with Crippen molar-refractivity contribution in [1.29, 1.82) is 0 Å². The summed E-state index contributed by atoms with van der Waals surface area (Å²) in [5.41, 5.74) is 2.46. The number of methoxy groups -OCH3 is 1. The molecule has 1 unspecified atom stereocenters. The van der Waals surface area contributed by atoms with Crippen molar-refractivity contribution in [3.63, 3.8) is 0 Å². The minimum atomic E-state index is -1.04. The molecular formula is C17H19NO4S. The van der Waals surface area contributed by atoms with Gasteiger partial charge in [0.1, 0.15) is 11.5 Å². The second kappa shape index (κ2) is 5.77. The molecule has 0 saturated carbocycles. The fourth-order valence-corrected chi connectivity index (χ4v) is 3.56. The predicted octanol–water partition coefficient (Wildman–Crippen LogP) is 4.15. The lowest BCUT2D eigenvalue weighted by Gasteiger charge is -2.39. The minimum Gasteiger partial charge on any atom is -0.496 e. The highest BCUT2D eigenvalue weighted by Crippen LogP contribution is 2.47. The average Bonchev–Trinajstić information content (AvgIpc) is 3.03. The van der Waals surface area contributed by atoms with E-state index in [9.17, 15) is 9.90 Å². The van der Waals surface area contributed by atoms with Crippen LogP contribution in [0.1, 0.15) is 25.5 Å². The minimum absolute atomic E-state index is 0.347. The van der Waals surface area contributed by atoms with Crippen LogP contribution in [0.3, 0.4) is 0 Å². The number of thiophene rings is 1. The van der Waals surface area contributed by atoms with E-state index >= 15 is 0 Å². The number of fused-ring (bicyclic) bond motifs is 1. The van der Waals surface area contributed by atoms with Crippen LogP contribution in [-0.2, 0) is 0 Å². The molecule has 0 bridgehead atoms. The summed E-state index contributed by atoms with van der Waals surface area (Å²) in [4.78, 5) is 11.2. The number of carboxylic acid groups (broad SMARTS) is 1. The predicted molar refractivity (Wildman–Crippen MR) is 89.5 cm³/mol. The van der Waals surface area contributed by atoms with Crippen LogP contribution in [0.2, 0.25) is 0 Å². The van der Waals surface area contributed by atoms with E-state index in [1.165, 1.54) is 0 Å². The van der Waals surface area contributed by atoms with Crippen LogP contribution in [0.25, 0.3) is 11.1 Å². The fraction of sp³-hybridized carbons (Fsp3) is 0.353. The molecule has 2 aromatic rings. The summed E-state index contributed by atoms with van der Waals surface area (Å²) in [6, 6.07) is 5.48. The van der Waals surface area contributed by atoms with Crippen molar-refractivity contribution in [3.8, 4) is 22.6 Å². The van der Waals surface area contributed by atoms with E-state index in [4.69, 9.17) is 9.47 Å². The fourth-order valence-electron chi connectivity index (χ4n) is 2.90. The van der Waals surface area contributed by atoms with Crippen molar-refractivity contribution in [3.05, 3.63) is 34.5 Å². The monoisotopic (exact) mass is 333 g/mol. The van der Waals surface area contributed by atoms with Gasteiger partial charge in [0.05, 0.1) is 19.8 Å². The number of ether oxygens (including phenoxy) is 2. The third-order valence-corrected chi connectivity index (χ3v) is 4.81. The van der Waals surface area contributed by atoms with Crippen LogP contribution in [0, 0.1) is 5.41 Å². The van der Waals surface area contributed by atoms with Gasteiger partial charge in [-0.15, -0.1) is 0 Å². The molecule has 5 nitrogen and oxygen atoms in total. The normalized spacial score (nSPS) is 18.7. The van der Waals surface area contributed by atoms with Crippen molar-refractivity contribution in [2.24, 2.45) is 5.41 Å². The Morgan fingerprint density at radius 1 is 1.48 bits per heavy atom. The Morgan fingerprint density at radius 2 is 2.26 bits per heavy atom. The lowest BCUT2D eigenvalue weighted by molar-refractivity contribution is 0.0993. The molecule has 2 heterocycles. The highest BCUT2D eigenvalue weighted by molar-refractivity contribution is 7.08. The third kappa shape index (κ3) is 2.86. The van der Waals surface area contributed by atoms with Gasteiger partial charge in [-0.1, -0.05) is 13.8 Å². The van der Waals surface area contributed by atoms with E-state index in [0.29, 0.717) is 18.1 Å². The Hall–Kier alpha value is -2.21. The largest absolute Gasteiger partial charge is 0.496 e. The van der Waals surface area contributed by atoms with Gasteiger partial charge in [0, 0.05) is 16.5 Å². The molecule has 0 saturated heterocycles. The summed E-state index contributed by atoms with van der Waals surface area (Å²) in [5.74, 6) is 1.41. The van der Waals surface area contributed by atoms with Gasteiger partial charge in [-0.2, -0.15) is 11.3 Å². The van der Waals surface area contributed by atoms with Crippen LogP contribution in [0.15, 0.2) is 29.0 Å². The van der Waals surface area contributed by atoms with E-state index in [2.05, 4.69) is 5.32 Å². The maximum atomic E-state index is 11.2. The Balaban J connectivity index is 2.12. The van der Waals surface area contributed by atoms with Gasteiger partial charge >= 0.3 is 6.09 Å². The average molecular weight is 333 g/mol. The van der Waals surface area contributed by atoms with E-state index < -0.39 is 6.09 Å². The quantitative estimate of drug-likeness (QED) is 0.885. The molecule has 1 aromatic heterocycles. The molecule has 2 N–H and O–H groups in total. The Labute approximate surface area is 138 Å². The van der Waals surface area contributed by atoms with Crippen molar-refractivity contribution in [2.45, 2.75) is 19.9 Å². The number of carbonyl (C=O) groups is 1. The maximum Gasteiger partial charge on any atom is 0.405 e. The maximum absolute atomic E-state index is 11.2. The van der Waals surface area contributed by atoms with Crippen LogP contribution < -0.4 is 14.8 Å². The van der Waals surface area contributed by atoms with Gasteiger partial charge < -0.3 is 19.9 Å². The molecule has 1 atom stereocenters. The number of hydrogen-bond donors (Lipinski definition) is 2. The summed E-state index contributed by atoms with van der Waals surface area (Å²) in [7, 11) is 1.62. The molecule has 1 aliphatic rings. The van der Waals surface area contributed by atoms with E-state index in [-0.39, 0.29) is 11.5 Å². The van der Waals surface area contributed by atoms with Gasteiger partial charge in [-0.05, 0) is 34.5 Å². The summed E-state index contributed by atoms with van der Waals surface area (Å²) in [5, 5.41) is 15.8. The molecule has 0 aliphatic carbocycles. The Kier molecular flexibility index (Phi) is 3.93. The molecule has 23 heavy (non-hydrogen) atoms. The first-order valence-corrected chi connectivity index (χ1v) is 8.23. The van der Waals surface area contributed by atoms with Crippen molar-refractivity contribution in [2.75, 3.05) is 13.7 Å². The molecule has 1 amide bonds. The summed E-state index contributed by atoms with van der Waals surface area (Å²) >= 11 is 1.61. The van der Waals surface area contributed by atoms with Gasteiger partial charge in [0.2, 0.25) is 0 Å². The number of hydrogen-bond acceptors (Lipinski definition) is 4.